The number of hydrogen-bond acceptors (Lipinski definition) is 2. The molecule has 0 bridgehead atoms. The summed E-state index contributed by atoms with van der Waals surface area (Å²) in [6.07, 6.45) is 4.07. The highest BCUT2D eigenvalue weighted by Gasteiger charge is 2.05. The van der Waals surface area contributed by atoms with Crippen molar-refractivity contribution < 1.29 is 4.92 Å². The van der Waals surface area contributed by atoms with Gasteiger partial charge in [0.2, 0.25) is 5.70 Å². The van der Waals surface area contributed by atoms with Gasteiger partial charge in [0.15, 0.2) is 0 Å². The summed E-state index contributed by atoms with van der Waals surface area (Å²) < 4.78 is 0. The fraction of sp³-hybridized carbons (Fsp3) is 0.714. The van der Waals surface area contributed by atoms with Gasteiger partial charge in [0.25, 0.3) is 0 Å². The normalized spacial score (nSPS) is 11.6. The van der Waals surface area contributed by atoms with Gasteiger partial charge < -0.3 is 0 Å². The van der Waals surface area contributed by atoms with E-state index in [9.17, 15) is 10.1 Å². The standard InChI is InChI=1S/C7H13NO2/c1-3-5-6-7(4-2)8(9)10/h4H,3,5-6H2,1-2H3/b7-4+. The fourth-order valence-electron chi connectivity index (χ4n) is 0.699. The Morgan fingerprint density at radius 3 is 2.60 bits per heavy atom. The Labute approximate surface area is 60.9 Å². The number of nitrogens with zero attached hydrogens (tertiary/aromatic N) is 1. The lowest BCUT2D eigenvalue weighted by Crippen LogP contribution is -1.97. The first-order valence-corrected chi connectivity index (χ1v) is 3.52. The molecule has 58 valence electrons. The van der Waals surface area contributed by atoms with Crippen LogP contribution in [-0.2, 0) is 0 Å². The first kappa shape index (κ1) is 9.14. The van der Waals surface area contributed by atoms with Crippen LogP contribution in [0.15, 0.2) is 11.8 Å². The summed E-state index contributed by atoms with van der Waals surface area (Å²) in [5.74, 6) is 0. The van der Waals surface area contributed by atoms with Crippen LogP contribution in [0.2, 0.25) is 0 Å². The van der Waals surface area contributed by atoms with E-state index in [0.29, 0.717) is 12.1 Å². The third-order valence-electron chi connectivity index (χ3n) is 1.35. The molecule has 0 heterocycles. The molecule has 0 aliphatic heterocycles. The van der Waals surface area contributed by atoms with Gasteiger partial charge in [0, 0.05) is 6.42 Å². The van der Waals surface area contributed by atoms with Gasteiger partial charge in [-0.05, 0) is 19.4 Å². The lowest BCUT2D eigenvalue weighted by molar-refractivity contribution is -0.428. The van der Waals surface area contributed by atoms with Crippen LogP contribution in [-0.4, -0.2) is 4.92 Å². The molecule has 0 saturated carbocycles. The fourth-order valence-corrected chi connectivity index (χ4v) is 0.699. The van der Waals surface area contributed by atoms with Crippen molar-refractivity contribution in [2.45, 2.75) is 33.1 Å². The van der Waals surface area contributed by atoms with Crippen molar-refractivity contribution in [2.24, 2.45) is 0 Å². The molecule has 0 amide bonds. The summed E-state index contributed by atoms with van der Waals surface area (Å²) in [6, 6.07) is 0. The van der Waals surface area contributed by atoms with E-state index < -0.39 is 0 Å². The molecule has 0 rings (SSSR count). The van der Waals surface area contributed by atoms with E-state index in [1.165, 1.54) is 0 Å². The number of nitro groups is 1. The minimum absolute atomic E-state index is 0.310. The molecule has 0 spiro atoms. The number of rotatable bonds is 4. The first-order chi connectivity index (χ1) is 4.72. The Bertz CT molecular complexity index is 141. The zero-order valence-corrected chi connectivity index (χ0v) is 6.46. The van der Waals surface area contributed by atoms with E-state index in [1.54, 1.807) is 13.0 Å². The van der Waals surface area contributed by atoms with Crippen molar-refractivity contribution in [2.75, 3.05) is 0 Å². The van der Waals surface area contributed by atoms with Gasteiger partial charge in [0.1, 0.15) is 0 Å². The molecule has 0 aliphatic carbocycles. The molecule has 0 aromatic rings. The second-order valence-electron chi connectivity index (χ2n) is 2.14. The summed E-state index contributed by atoms with van der Waals surface area (Å²) in [6.45, 7) is 3.72. The minimum Gasteiger partial charge on any atom is -0.259 e. The van der Waals surface area contributed by atoms with E-state index >= 15 is 0 Å². The quantitative estimate of drug-likeness (QED) is 0.448. The van der Waals surface area contributed by atoms with Crippen LogP contribution in [0.1, 0.15) is 33.1 Å². The predicted molar refractivity (Wildman–Crippen MR) is 40.3 cm³/mol. The molecule has 0 unspecified atom stereocenters. The molecular weight excluding hydrogens is 130 g/mol. The Morgan fingerprint density at radius 1 is 1.70 bits per heavy atom. The molecule has 10 heavy (non-hydrogen) atoms. The zero-order chi connectivity index (χ0) is 7.98. The smallest absolute Gasteiger partial charge is 0.242 e. The number of hydrogen-bond donors (Lipinski definition) is 0. The lowest BCUT2D eigenvalue weighted by atomic mass is 10.2. The Balaban J connectivity index is 3.74. The molecule has 3 heteroatoms. The molecular formula is C7H13NO2. The molecule has 0 fully saturated rings. The van der Waals surface area contributed by atoms with Crippen molar-refractivity contribution in [3.8, 4) is 0 Å². The second kappa shape index (κ2) is 4.97. The van der Waals surface area contributed by atoms with Crippen LogP contribution >= 0.6 is 0 Å². The van der Waals surface area contributed by atoms with Crippen molar-refractivity contribution in [1.29, 1.82) is 0 Å². The van der Waals surface area contributed by atoms with Crippen LogP contribution in [0.25, 0.3) is 0 Å². The summed E-state index contributed by atoms with van der Waals surface area (Å²) in [5.41, 5.74) is 0.335. The third-order valence-corrected chi connectivity index (χ3v) is 1.35. The summed E-state index contributed by atoms with van der Waals surface area (Å²) in [7, 11) is 0. The van der Waals surface area contributed by atoms with Gasteiger partial charge in [-0.15, -0.1) is 0 Å². The summed E-state index contributed by atoms with van der Waals surface area (Å²) >= 11 is 0. The highest BCUT2D eigenvalue weighted by atomic mass is 16.6. The Kier molecular flexibility index (Phi) is 4.54. The van der Waals surface area contributed by atoms with Crippen molar-refractivity contribution in [3.63, 3.8) is 0 Å². The zero-order valence-electron chi connectivity index (χ0n) is 6.46. The highest BCUT2D eigenvalue weighted by Crippen LogP contribution is 2.06. The third kappa shape index (κ3) is 3.22. The predicted octanol–water partition coefficient (Wildman–Crippen LogP) is 2.36. The molecule has 0 atom stereocenters. The first-order valence-electron chi connectivity index (χ1n) is 3.52. The SMILES string of the molecule is C/C=C(\CCCC)[N+](=O)[O-]. The van der Waals surface area contributed by atoms with Crippen LogP contribution in [0, 0.1) is 10.1 Å². The Hall–Kier alpha value is -0.860. The summed E-state index contributed by atoms with van der Waals surface area (Å²) in [5, 5.41) is 10.2. The van der Waals surface area contributed by atoms with E-state index in [4.69, 9.17) is 0 Å². The van der Waals surface area contributed by atoms with E-state index in [-0.39, 0.29) is 4.92 Å². The van der Waals surface area contributed by atoms with Gasteiger partial charge in [-0.2, -0.15) is 0 Å². The van der Waals surface area contributed by atoms with Crippen molar-refractivity contribution >= 4 is 0 Å². The van der Waals surface area contributed by atoms with E-state index in [2.05, 4.69) is 0 Å². The van der Waals surface area contributed by atoms with Crippen molar-refractivity contribution in [1.82, 2.24) is 0 Å². The molecule has 0 radical (unpaired) electrons. The van der Waals surface area contributed by atoms with Crippen LogP contribution < -0.4 is 0 Å². The van der Waals surface area contributed by atoms with Gasteiger partial charge in [0.05, 0.1) is 4.92 Å². The average Bonchev–Trinajstić information content (AvgIpc) is 1.89. The maximum Gasteiger partial charge on any atom is 0.242 e. The van der Waals surface area contributed by atoms with E-state index in [1.807, 2.05) is 6.92 Å². The van der Waals surface area contributed by atoms with Crippen LogP contribution in [0.3, 0.4) is 0 Å². The number of unbranched alkanes of at least 4 members (excludes halogenated alkanes) is 1. The largest absolute Gasteiger partial charge is 0.259 e. The lowest BCUT2D eigenvalue weighted by Gasteiger charge is -1.93. The number of allylic oxidation sites excluding steroid dienone is 2. The van der Waals surface area contributed by atoms with E-state index in [0.717, 1.165) is 12.8 Å². The monoisotopic (exact) mass is 143 g/mol. The van der Waals surface area contributed by atoms with Gasteiger partial charge in [-0.25, -0.2) is 0 Å². The molecule has 0 N–H and O–H groups in total. The second-order valence-corrected chi connectivity index (χ2v) is 2.14. The molecule has 0 aliphatic rings. The molecule has 3 nitrogen and oxygen atoms in total. The summed E-state index contributed by atoms with van der Waals surface area (Å²) in [4.78, 5) is 9.86. The van der Waals surface area contributed by atoms with Crippen LogP contribution in [0.4, 0.5) is 0 Å². The van der Waals surface area contributed by atoms with Gasteiger partial charge >= 0.3 is 0 Å². The molecule has 0 saturated heterocycles. The highest BCUT2D eigenvalue weighted by molar-refractivity contribution is 4.87. The minimum atomic E-state index is -0.310. The van der Waals surface area contributed by atoms with Gasteiger partial charge in [-0.3, -0.25) is 10.1 Å². The van der Waals surface area contributed by atoms with Crippen LogP contribution in [0.5, 0.6) is 0 Å². The average molecular weight is 143 g/mol. The van der Waals surface area contributed by atoms with Gasteiger partial charge in [-0.1, -0.05) is 13.3 Å². The maximum absolute atomic E-state index is 10.2. The topological polar surface area (TPSA) is 43.1 Å². The molecule has 0 aromatic carbocycles. The van der Waals surface area contributed by atoms with Crippen molar-refractivity contribution in [3.05, 3.63) is 21.9 Å². The maximum atomic E-state index is 10.2. The Morgan fingerprint density at radius 2 is 2.30 bits per heavy atom. The molecule has 0 aromatic heterocycles.